The van der Waals surface area contributed by atoms with E-state index < -0.39 is 23.9 Å². The molecule has 1 aliphatic rings. The van der Waals surface area contributed by atoms with Crippen LogP contribution in [-0.4, -0.2) is 23.2 Å². The number of aromatic nitrogens is 1. The van der Waals surface area contributed by atoms with Crippen molar-refractivity contribution in [2.75, 3.05) is 4.90 Å². The Hall–Kier alpha value is -2.90. The third kappa shape index (κ3) is 2.28. The molecule has 5 nitrogen and oxygen atoms in total. The van der Waals surface area contributed by atoms with Crippen LogP contribution in [0.1, 0.15) is 20.7 Å². The standard InChI is InChI=1S/C14H7F3N2O3/c15-14(16,17)22-11-4-2-1-3-10(11)19-12(20)8-5-6-18-7-9(8)13(19)21/h1-7H. The summed E-state index contributed by atoms with van der Waals surface area (Å²) in [6.45, 7) is 0. The van der Waals surface area contributed by atoms with Gasteiger partial charge in [0.2, 0.25) is 0 Å². The van der Waals surface area contributed by atoms with Gasteiger partial charge in [0.05, 0.1) is 16.8 Å². The Morgan fingerprint density at radius 2 is 1.68 bits per heavy atom. The summed E-state index contributed by atoms with van der Waals surface area (Å²) in [4.78, 5) is 28.9. The van der Waals surface area contributed by atoms with Crippen LogP contribution in [0.25, 0.3) is 0 Å². The highest BCUT2D eigenvalue weighted by Crippen LogP contribution is 2.36. The van der Waals surface area contributed by atoms with E-state index in [0.29, 0.717) is 4.90 Å². The largest absolute Gasteiger partial charge is 0.573 e. The molecule has 0 saturated carbocycles. The number of ether oxygens (including phenoxy) is 1. The van der Waals surface area contributed by atoms with E-state index in [0.717, 1.165) is 6.07 Å². The third-order valence-electron chi connectivity index (χ3n) is 3.02. The lowest BCUT2D eigenvalue weighted by molar-refractivity contribution is -0.274. The average Bonchev–Trinajstić information content (AvgIpc) is 2.71. The van der Waals surface area contributed by atoms with Crippen molar-refractivity contribution in [3.63, 3.8) is 0 Å². The first-order chi connectivity index (χ1) is 10.4. The number of fused-ring (bicyclic) bond motifs is 1. The van der Waals surface area contributed by atoms with E-state index in [2.05, 4.69) is 9.72 Å². The van der Waals surface area contributed by atoms with Crippen molar-refractivity contribution >= 4 is 17.5 Å². The number of carbonyl (C=O) groups excluding carboxylic acids is 2. The summed E-state index contributed by atoms with van der Waals surface area (Å²) in [6, 6.07) is 6.29. The molecule has 22 heavy (non-hydrogen) atoms. The van der Waals surface area contributed by atoms with Crippen LogP contribution >= 0.6 is 0 Å². The topological polar surface area (TPSA) is 59.5 Å². The lowest BCUT2D eigenvalue weighted by Crippen LogP contribution is -2.30. The summed E-state index contributed by atoms with van der Waals surface area (Å²) < 4.78 is 41.2. The Labute approximate surface area is 121 Å². The molecule has 0 spiro atoms. The number of nitrogens with zero attached hydrogens (tertiary/aromatic N) is 2. The molecule has 0 atom stereocenters. The van der Waals surface area contributed by atoms with Crippen molar-refractivity contribution in [1.29, 1.82) is 0 Å². The summed E-state index contributed by atoms with van der Waals surface area (Å²) >= 11 is 0. The van der Waals surface area contributed by atoms with Gasteiger partial charge in [0, 0.05) is 12.4 Å². The first-order valence-electron chi connectivity index (χ1n) is 6.06. The van der Waals surface area contributed by atoms with Crippen molar-refractivity contribution in [2.24, 2.45) is 0 Å². The summed E-state index contributed by atoms with van der Waals surface area (Å²) in [6.07, 6.45) is -2.41. The first kappa shape index (κ1) is 14.1. The number of amides is 2. The second-order valence-electron chi connectivity index (χ2n) is 4.38. The van der Waals surface area contributed by atoms with E-state index in [1.165, 1.54) is 36.7 Å². The molecule has 2 aromatic rings. The van der Waals surface area contributed by atoms with Crippen LogP contribution in [0.15, 0.2) is 42.7 Å². The van der Waals surface area contributed by atoms with Gasteiger partial charge in [0.15, 0.2) is 5.75 Å². The molecular formula is C14H7F3N2O3. The van der Waals surface area contributed by atoms with E-state index in [-0.39, 0.29) is 16.8 Å². The summed E-state index contributed by atoms with van der Waals surface area (Å²) in [5.41, 5.74) is -0.151. The number of hydrogen-bond acceptors (Lipinski definition) is 4. The van der Waals surface area contributed by atoms with E-state index in [1.54, 1.807) is 0 Å². The Morgan fingerprint density at radius 1 is 1.00 bits per heavy atom. The quantitative estimate of drug-likeness (QED) is 0.800. The van der Waals surface area contributed by atoms with Gasteiger partial charge in [-0.15, -0.1) is 13.2 Å². The van der Waals surface area contributed by atoms with Crippen molar-refractivity contribution in [2.45, 2.75) is 6.36 Å². The van der Waals surface area contributed by atoms with Crippen LogP contribution < -0.4 is 9.64 Å². The Morgan fingerprint density at radius 3 is 2.36 bits per heavy atom. The lowest BCUT2D eigenvalue weighted by atomic mass is 10.2. The van der Waals surface area contributed by atoms with E-state index in [4.69, 9.17) is 0 Å². The van der Waals surface area contributed by atoms with Gasteiger partial charge in [-0.1, -0.05) is 12.1 Å². The van der Waals surface area contributed by atoms with Crippen LogP contribution in [0.5, 0.6) is 5.75 Å². The predicted octanol–water partition coefficient (Wildman–Crippen LogP) is 2.78. The minimum Gasteiger partial charge on any atom is -0.404 e. The molecule has 0 aliphatic carbocycles. The summed E-state index contributed by atoms with van der Waals surface area (Å²) in [5, 5.41) is 0. The Balaban J connectivity index is 2.07. The molecule has 0 fully saturated rings. The minimum atomic E-state index is -4.93. The Bertz CT molecular complexity index is 739. The molecule has 0 saturated heterocycles. The minimum absolute atomic E-state index is 0.0364. The molecule has 1 aliphatic heterocycles. The fraction of sp³-hybridized carbons (Fsp3) is 0.0714. The van der Waals surface area contributed by atoms with Gasteiger partial charge in [-0.25, -0.2) is 4.90 Å². The maximum Gasteiger partial charge on any atom is 0.573 e. The monoisotopic (exact) mass is 308 g/mol. The van der Waals surface area contributed by atoms with Gasteiger partial charge in [0.25, 0.3) is 11.8 Å². The molecule has 8 heteroatoms. The molecule has 1 aromatic carbocycles. The van der Waals surface area contributed by atoms with Gasteiger partial charge >= 0.3 is 6.36 Å². The molecule has 0 radical (unpaired) electrons. The van der Waals surface area contributed by atoms with Crippen molar-refractivity contribution in [3.05, 3.63) is 53.9 Å². The number of benzene rings is 1. The molecular weight excluding hydrogens is 301 g/mol. The number of halogens is 3. The van der Waals surface area contributed by atoms with Gasteiger partial charge in [-0.3, -0.25) is 14.6 Å². The van der Waals surface area contributed by atoms with E-state index in [9.17, 15) is 22.8 Å². The number of alkyl halides is 3. The van der Waals surface area contributed by atoms with Gasteiger partial charge in [0.1, 0.15) is 0 Å². The van der Waals surface area contributed by atoms with Gasteiger partial charge < -0.3 is 4.74 Å². The maximum atomic E-state index is 12.4. The van der Waals surface area contributed by atoms with E-state index in [1.807, 2.05) is 0 Å². The van der Waals surface area contributed by atoms with Crippen molar-refractivity contribution in [1.82, 2.24) is 4.98 Å². The number of imide groups is 1. The second-order valence-corrected chi connectivity index (χ2v) is 4.38. The lowest BCUT2D eigenvalue weighted by Gasteiger charge is -2.18. The summed E-state index contributed by atoms with van der Waals surface area (Å²) in [7, 11) is 0. The maximum absolute atomic E-state index is 12.4. The predicted molar refractivity (Wildman–Crippen MR) is 68.5 cm³/mol. The third-order valence-corrected chi connectivity index (χ3v) is 3.02. The number of hydrogen-bond donors (Lipinski definition) is 0. The average molecular weight is 308 g/mol. The van der Waals surface area contributed by atoms with Crippen LogP contribution in [-0.2, 0) is 0 Å². The van der Waals surface area contributed by atoms with Gasteiger partial charge in [-0.05, 0) is 18.2 Å². The van der Waals surface area contributed by atoms with Crippen LogP contribution in [0, 0.1) is 0 Å². The zero-order valence-corrected chi connectivity index (χ0v) is 10.8. The highest BCUT2D eigenvalue weighted by Gasteiger charge is 2.40. The summed E-state index contributed by atoms with van der Waals surface area (Å²) in [5.74, 6) is -2.09. The molecule has 1 aromatic heterocycles. The first-order valence-corrected chi connectivity index (χ1v) is 6.06. The number of para-hydroxylation sites is 2. The van der Waals surface area contributed by atoms with Crippen molar-refractivity contribution in [3.8, 4) is 5.75 Å². The van der Waals surface area contributed by atoms with Crippen molar-refractivity contribution < 1.29 is 27.5 Å². The number of rotatable bonds is 2. The smallest absolute Gasteiger partial charge is 0.404 e. The molecule has 0 N–H and O–H groups in total. The molecule has 0 unspecified atom stereocenters. The number of carbonyl (C=O) groups is 2. The van der Waals surface area contributed by atoms with Crippen LogP contribution in [0.4, 0.5) is 18.9 Å². The Kier molecular flexibility index (Phi) is 3.09. The second kappa shape index (κ2) is 4.83. The highest BCUT2D eigenvalue weighted by atomic mass is 19.4. The number of pyridine rings is 1. The highest BCUT2D eigenvalue weighted by molar-refractivity contribution is 6.34. The zero-order chi connectivity index (χ0) is 15.9. The molecule has 112 valence electrons. The molecule has 0 bridgehead atoms. The molecule has 3 rings (SSSR count). The number of anilines is 1. The normalized spacial score (nSPS) is 14.2. The van der Waals surface area contributed by atoms with Gasteiger partial charge in [-0.2, -0.15) is 0 Å². The zero-order valence-electron chi connectivity index (χ0n) is 10.8. The molecule has 2 heterocycles. The fourth-order valence-corrected chi connectivity index (χ4v) is 2.16. The van der Waals surface area contributed by atoms with Crippen LogP contribution in [0.2, 0.25) is 0 Å². The molecule has 2 amide bonds. The van der Waals surface area contributed by atoms with E-state index >= 15 is 0 Å². The van der Waals surface area contributed by atoms with Crippen LogP contribution in [0.3, 0.4) is 0 Å². The fourth-order valence-electron chi connectivity index (χ4n) is 2.16. The SMILES string of the molecule is O=C1c2ccncc2C(=O)N1c1ccccc1OC(F)(F)F.